The first-order valence-corrected chi connectivity index (χ1v) is 10.7. The summed E-state index contributed by atoms with van der Waals surface area (Å²) in [5.74, 6) is -2.02. The van der Waals surface area contributed by atoms with Crippen LogP contribution < -0.4 is 4.90 Å². The fourth-order valence-electron chi connectivity index (χ4n) is 3.85. The quantitative estimate of drug-likeness (QED) is 0.685. The Morgan fingerprint density at radius 2 is 1.93 bits per heavy atom. The van der Waals surface area contributed by atoms with E-state index in [-0.39, 0.29) is 23.2 Å². The SMILES string of the molecule is N#Cc1ccc2ncc(S(=O)(=O)c3cc(F)cc(F)c3)c(N3CCCC3CO)c2c1. The molecule has 1 saturated heterocycles. The minimum atomic E-state index is -4.34. The van der Waals surface area contributed by atoms with E-state index in [2.05, 4.69) is 4.98 Å². The number of hydrogen-bond acceptors (Lipinski definition) is 6. The normalized spacial score (nSPS) is 16.7. The molecule has 1 N–H and O–H groups in total. The lowest BCUT2D eigenvalue weighted by Gasteiger charge is -2.28. The average Bonchev–Trinajstić information content (AvgIpc) is 3.20. The number of halogens is 2. The maximum atomic E-state index is 13.7. The van der Waals surface area contributed by atoms with Gasteiger partial charge in [0.25, 0.3) is 0 Å². The van der Waals surface area contributed by atoms with Crippen molar-refractivity contribution in [2.45, 2.75) is 28.7 Å². The van der Waals surface area contributed by atoms with Gasteiger partial charge in [0.15, 0.2) is 0 Å². The number of fused-ring (bicyclic) bond motifs is 1. The second-order valence-corrected chi connectivity index (χ2v) is 9.01. The summed E-state index contributed by atoms with van der Waals surface area (Å²) < 4.78 is 54.3. The number of sulfone groups is 1. The van der Waals surface area contributed by atoms with Gasteiger partial charge in [0.05, 0.1) is 40.4 Å². The van der Waals surface area contributed by atoms with Crippen molar-refractivity contribution in [3.05, 3.63) is 59.8 Å². The van der Waals surface area contributed by atoms with Crippen LogP contribution in [0.15, 0.2) is 52.4 Å². The van der Waals surface area contributed by atoms with Crippen LogP contribution in [0.2, 0.25) is 0 Å². The summed E-state index contributed by atoms with van der Waals surface area (Å²) in [5.41, 5.74) is 1.06. The maximum absolute atomic E-state index is 13.7. The first-order chi connectivity index (χ1) is 14.3. The molecule has 2 aromatic carbocycles. The lowest BCUT2D eigenvalue weighted by atomic mass is 10.1. The van der Waals surface area contributed by atoms with Crippen LogP contribution in [0.25, 0.3) is 10.9 Å². The average molecular weight is 429 g/mol. The molecule has 1 aliphatic heterocycles. The number of benzene rings is 2. The molecular weight excluding hydrogens is 412 g/mol. The Kier molecular flexibility index (Phi) is 5.13. The van der Waals surface area contributed by atoms with Gasteiger partial charge in [0, 0.05) is 24.2 Å². The van der Waals surface area contributed by atoms with E-state index >= 15 is 0 Å². The van der Waals surface area contributed by atoms with Crippen molar-refractivity contribution in [1.29, 1.82) is 5.26 Å². The highest BCUT2D eigenvalue weighted by atomic mass is 32.2. The van der Waals surface area contributed by atoms with Crippen LogP contribution in [0.5, 0.6) is 0 Å². The summed E-state index contributed by atoms with van der Waals surface area (Å²) in [5, 5.41) is 19.5. The number of nitriles is 1. The fourth-order valence-corrected chi connectivity index (χ4v) is 5.32. The molecule has 0 aliphatic carbocycles. The van der Waals surface area contributed by atoms with Gasteiger partial charge in [-0.1, -0.05) is 0 Å². The van der Waals surface area contributed by atoms with Crippen LogP contribution in [0.3, 0.4) is 0 Å². The highest BCUT2D eigenvalue weighted by molar-refractivity contribution is 7.91. The zero-order chi connectivity index (χ0) is 21.5. The van der Waals surface area contributed by atoms with Gasteiger partial charge in [-0.25, -0.2) is 17.2 Å². The number of anilines is 1. The molecular formula is C21H17F2N3O3S. The van der Waals surface area contributed by atoms with Crippen LogP contribution >= 0.6 is 0 Å². The van der Waals surface area contributed by atoms with E-state index in [1.54, 1.807) is 17.0 Å². The van der Waals surface area contributed by atoms with Crippen LogP contribution in [0.4, 0.5) is 14.5 Å². The molecule has 4 rings (SSSR count). The number of aliphatic hydroxyl groups excluding tert-OH is 1. The van der Waals surface area contributed by atoms with Crippen LogP contribution in [-0.4, -0.2) is 37.7 Å². The lowest BCUT2D eigenvalue weighted by molar-refractivity contribution is 0.266. The zero-order valence-electron chi connectivity index (χ0n) is 15.7. The van der Waals surface area contributed by atoms with Crippen molar-refractivity contribution in [1.82, 2.24) is 4.98 Å². The van der Waals surface area contributed by atoms with Crippen molar-refractivity contribution in [3.63, 3.8) is 0 Å². The summed E-state index contributed by atoms with van der Waals surface area (Å²) in [4.78, 5) is 5.23. The molecule has 154 valence electrons. The molecule has 0 spiro atoms. The molecule has 1 atom stereocenters. The Hall–Kier alpha value is -3.09. The minimum Gasteiger partial charge on any atom is -0.394 e. The Bertz CT molecular complexity index is 1270. The Morgan fingerprint density at radius 1 is 1.20 bits per heavy atom. The summed E-state index contributed by atoms with van der Waals surface area (Å²) in [6, 6.07) is 8.53. The predicted octanol–water partition coefficient (Wildman–Crippen LogP) is 3.18. The molecule has 30 heavy (non-hydrogen) atoms. The smallest absolute Gasteiger partial charge is 0.210 e. The highest BCUT2D eigenvalue weighted by Crippen LogP contribution is 2.39. The van der Waals surface area contributed by atoms with Crippen LogP contribution in [0.1, 0.15) is 18.4 Å². The van der Waals surface area contributed by atoms with E-state index in [1.165, 1.54) is 6.07 Å². The lowest BCUT2D eigenvalue weighted by Crippen LogP contribution is -2.33. The predicted molar refractivity (Wildman–Crippen MR) is 106 cm³/mol. The first-order valence-electron chi connectivity index (χ1n) is 9.26. The highest BCUT2D eigenvalue weighted by Gasteiger charge is 2.33. The van der Waals surface area contributed by atoms with E-state index < -0.39 is 26.4 Å². The topological polar surface area (TPSA) is 94.3 Å². The van der Waals surface area contributed by atoms with Gasteiger partial charge in [-0.2, -0.15) is 5.26 Å². The van der Waals surface area contributed by atoms with Gasteiger partial charge < -0.3 is 10.0 Å². The molecule has 0 amide bonds. The van der Waals surface area contributed by atoms with Crippen LogP contribution in [-0.2, 0) is 9.84 Å². The van der Waals surface area contributed by atoms with E-state index in [0.29, 0.717) is 35.5 Å². The Labute approximate surface area is 171 Å². The monoisotopic (exact) mass is 429 g/mol. The molecule has 0 radical (unpaired) electrons. The summed E-state index contributed by atoms with van der Waals surface area (Å²) in [6.07, 6.45) is 2.56. The van der Waals surface area contributed by atoms with Gasteiger partial charge in [-0.3, -0.25) is 4.98 Å². The first kappa shape index (κ1) is 20.2. The van der Waals surface area contributed by atoms with Crippen molar-refractivity contribution in [2.75, 3.05) is 18.1 Å². The number of pyridine rings is 1. The number of nitrogens with zero attached hydrogens (tertiary/aromatic N) is 3. The van der Waals surface area contributed by atoms with E-state index in [9.17, 15) is 27.6 Å². The molecule has 1 aliphatic rings. The van der Waals surface area contributed by atoms with Crippen molar-refractivity contribution >= 4 is 26.4 Å². The maximum Gasteiger partial charge on any atom is 0.210 e. The molecule has 6 nitrogen and oxygen atoms in total. The van der Waals surface area contributed by atoms with Gasteiger partial charge in [0.2, 0.25) is 9.84 Å². The number of aliphatic hydroxyl groups is 1. The largest absolute Gasteiger partial charge is 0.394 e. The molecule has 1 fully saturated rings. The van der Waals surface area contributed by atoms with Crippen LogP contribution in [0, 0.1) is 23.0 Å². The summed E-state index contributed by atoms with van der Waals surface area (Å²) in [7, 11) is -4.34. The van der Waals surface area contributed by atoms with Gasteiger partial charge in [0.1, 0.15) is 16.5 Å². The molecule has 2 heterocycles. The van der Waals surface area contributed by atoms with Crippen molar-refractivity contribution in [2.24, 2.45) is 0 Å². The van der Waals surface area contributed by atoms with Crippen molar-refractivity contribution in [3.8, 4) is 6.07 Å². The third kappa shape index (κ3) is 3.38. The third-order valence-corrected chi connectivity index (χ3v) is 6.98. The zero-order valence-corrected chi connectivity index (χ0v) is 16.5. The molecule has 1 aromatic heterocycles. The summed E-state index contributed by atoms with van der Waals surface area (Å²) >= 11 is 0. The number of aromatic nitrogens is 1. The van der Waals surface area contributed by atoms with Gasteiger partial charge in [-0.05, 0) is 43.2 Å². The van der Waals surface area contributed by atoms with Gasteiger partial charge >= 0.3 is 0 Å². The Balaban J connectivity index is 2.04. The van der Waals surface area contributed by atoms with E-state index in [4.69, 9.17) is 0 Å². The third-order valence-electron chi connectivity index (χ3n) is 5.25. The molecule has 9 heteroatoms. The van der Waals surface area contributed by atoms with E-state index in [0.717, 1.165) is 24.8 Å². The molecule has 0 bridgehead atoms. The fraction of sp³-hybridized carbons (Fsp3) is 0.238. The second kappa shape index (κ2) is 7.63. The minimum absolute atomic E-state index is 0.185. The number of hydrogen-bond donors (Lipinski definition) is 1. The molecule has 1 unspecified atom stereocenters. The molecule has 3 aromatic rings. The Morgan fingerprint density at radius 3 is 2.60 bits per heavy atom. The summed E-state index contributed by atoms with van der Waals surface area (Å²) in [6.45, 7) is 0.303. The van der Waals surface area contributed by atoms with E-state index in [1.807, 2.05) is 6.07 Å². The number of rotatable bonds is 4. The van der Waals surface area contributed by atoms with Gasteiger partial charge in [-0.15, -0.1) is 0 Å². The molecule has 0 saturated carbocycles. The standard InChI is InChI=1S/C21H17F2N3O3S/c22-14-7-15(23)9-17(8-14)30(28,29)20-11-25-19-4-3-13(10-24)6-18(19)21(20)26-5-1-2-16(26)12-27/h3-4,6-9,11,16,27H,1-2,5,12H2. The second-order valence-electron chi connectivity index (χ2n) is 7.10. The van der Waals surface area contributed by atoms with Crippen molar-refractivity contribution < 1.29 is 22.3 Å².